The summed E-state index contributed by atoms with van der Waals surface area (Å²) in [5.74, 6) is -0.0159. The zero-order valence-electron chi connectivity index (χ0n) is 11.5. The summed E-state index contributed by atoms with van der Waals surface area (Å²) in [5.41, 5.74) is 7.28. The van der Waals surface area contributed by atoms with E-state index in [9.17, 15) is 4.79 Å². The Balaban J connectivity index is 2.51. The van der Waals surface area contributed by atoms with Gasteiger partial charge in [-0.3, -0.25) is 4.79 Å². The van der Waals surface area contributed by atoms with Gasteiger partial charge in [0.2, 0.25) is 0 Å². The number of carbonyl (C=O) groups excluding carboxylic acids is 1. The standard InChI is InChI=1S/C15H23NO2/c1-4-6-11(2)10-18-15(17)12(3)13-7-5-8-14(16)9-13/h5,7-9,11-12H,4,6,10,16H2,1-3H3. The molecule has 100 valence electrons. The van der Waals surface area contributed by atoms with Crippen LogP contribution in [0.3, 0.4) is 0 Å². The molecule has 0 radical (unpaired) electrons. The Morgan fingerprint density at radius 1 is 1.39 bits per heavy atom. The first-order valence-corrected chi connectivity index (χ1v) is 6.56. The SMILES string of the molecule is CCCC(C)COC(=O)C(C)c1cccc(N)c1. The van der Waals surface area contributed by atoms with Crippen LogP contribution in [0.25, 0.3) is 0 Å². The van der Waals surface area contributed by atoms with Crippen molar-refractivity contribution in [2.45, 2.75) is 39.5 Å². The summed E-state index contributed by atoms with van der Waals surface area (Å²) in [5, 5.41) is 0. The van der Waals surface area contributed by atoms with Gasteiger partial charge in [0.15, 0.2) is 0 Å². The lowest BCUT2D eigenvalue weighted by molar-refractivity contribution is -0.146. The van der Waals surface area contributed by atoms with Crippen LogP contribution < -0.4 is 5.73 Å². The van der Waals surface area contributed by atoms with Gasteiger partial charge in [-0.05, 0) is 37.0 Å². The van der Waals surface area contributed by atoms with Crippen LogP contribution in [-0.2, 0) is 9.53 Å². The van der Waals surface area contributed by atoms with Crippen LogP contribution in [0.2, 0.25) is 0 Å². The maximum Gasteiger partial charge on any atom is 0.313 e. The summed E-state index contributed by atoms with van der Waals surface area (Å²) in [6.07, 6.45) is 2.20. The molecule has 0 bridgehead atoms. The van der Waals surface area contributed by atoms with E-state index in [1.165, 1.54) is 0 Å². The Labute approximate surface area is 109 Å². The number of nitrogen functional groups attached to an aromatic ring is 1. The maximum atomic E-state index is 11.9. The minimum Gasteiger partial charge on any atom is -0.465 e. The van der Waals surface area contributed by atoms with Crippen LogP contribution >= 0.6 is 0 Å². The summed E-state index contributed by atoms with van der Waals surface area (Å²) in [6, 6.07) is 7.39. The Morgan fingerprint density at radius 2 is 2.11 bits per heavy atom. The molecule has 0 saturated carbocycles. The molecule has 0 aliphatic rings. The largest absolute Gasteiger partial charge is 0.465 e. The van der Waals surface area contributed by atoms with Gasteiger partial charge in [0.1, 0.15) is 0 Å². The van der Waals surface area contributed by atoms with Gasteiger partial charge >= 0.3 is 5.97 Å². The molecule has 3 heteroatoms. The summed E-state index contributed by atoms with van der Waals surface area (Å²) in [7, 11) is 0. The van der Waals surface area contributed by atoms with Crippen LogP contribution in [0.5, 0.6) is 0 Å². The molecule has 0 aliphatic heterocycles. The number of hydrogen-bond donors (Lipinski definition) is 1. The molecule has 0 heterocycles. The van der Waals surface area contributed by atoms with Crippen molar-refractivity contribution in [3.63, 3.8) is 0 Å². The van der Waals surface area contributed by atoms with Crippen LogP contribution in [0.1, 0.15) is 45.1 Å². The molecule has 1 rings (SSSR count). The van der Waals surface area contributed by atoms with Gasteiger partial charge in [-0.2, -0.15) is 0 Å². The second kappa shape index (κ2) is 7.04. The van der Waals surface area contributed by atoms with E-state index >= 15 is 0 Å². The second-order valence-corrected chi connectivity index (χ2v) is 4.92. The first kappa shape index (κ1) is 14.6. The molecule has 0 aliphatic carbocycles. The molecule has 2 atom stereocenters. The van der Waals surface area contributed by atoms with Crippen molar-refractivity contribution < 1.29 is 9.53 Å². The quantitative estimate of drug-likeness (QED) is 0.621. The number of rotatable bonds is 6. The van der Waals surface area contributed by atoms with Gasteiger partial charge in [0, 0.05) is 5.69 Å². The van der Waals surface area contributed by atoms with Gasteiger partial charge in [-0.15, -0.1) is 0 Å². The van der Waals surface area contributed by atoms with Crippen LogP contribution in [0.4, 0.5) is 5.69 Å². The number of hydrogen-bond acceptors (Lipinski definition) is 3. The third kappa shape index (κ3) is 4.40. The number of anilines is 1. The number of benzene rings is 1. The molecule has 2 N–H and O–H groups in total. The number of esters is 1. The molecule has 1 aromatic rings. The van der Waals surface area contributed by atoms with Gasteiger partial charge in [-0.1, -0.05) is 32.4 Å². The topological polar surface area (TPSA) is 52.3 Å². The molecular formula is C15H23NO2. The van der Waals surface area contributed by atoms with E-state index in [2.05, 4.69) is 13.8 Å². The van der Waals surface area contributed by atoms with Crippen molar-refractivity contribution in [3.8, 4) is 0 Å². The van der Waals surface area contributed by atoms with E-state index in [1.54, 1.807) is 0 Å². The summed E-state index contributed by atoms with van der Waals surface area (Å²) < 4.78 is 5.33. The fourth-order valence-corrected chi connectivity index (χ4v) is 1.89. The monoisotopic (exact) mass is 249 g/mol. The van der Waals surface area contributed by atoms with Crippen LogP contribution in [0, 0.1) is 5.92 Å². The molecule has 0 amide bonds. The first-order valence-electron chi connectivity index (χ1n) is 6.56. The molecule has 2 unspecified atom stereocenters. The predicted octanol–water partition coefficient (Wildman–Crippen LogP) is 3.35. The van der Waals surface area contributed by atoms with Gasteiger partial charge < -0.3 is 10.5 Å². The highest BCUT2D eigenvalue weighted by Gasteiger charge is 2.17. The smallest absolute Gasteiger partial charge is 0.313 e. The number of carbonyl (C=O) groups is 1. The Morgan fingerprint density at radius 3 is 2.72 bits per heavy atom. The van der Waals surface area contributed by atoms with E-state index in [4.69, 9.17) is 10.5 Å². The zero-order chi connectivity index (χ0) is 13.5. The van der Waals surface area contributed by atoms with Crippen molar-refractivity contribution in [1.29, 1.82) is 0 Å². The summed E-state index contributed by atoms with van der Waals surface area (Å²) >= 11 is 0. The molecule has 3 nitrogen and oxygen atoms in total. The van der Waals surface area contributed by atoms with Crippen molar-refractivity contribution in [2.24, 2.45) is 5.92 Å². The molecule has 0 aromatic heterocycles. The lowest BCUT2D eigenvalue weighted by atomic mass is 10.0. The fourth-order valence-electron chi connectivity index (χ4n) is 1.89. The number of ether oxygens (including phenoxy) is 1. The normalized spacial score (nSPS) is 13.9. The minimum atomic E-state index is -0.262. The molecule has 0 fully saturated rings. The Hall–Kier alpha value is -1.51. The van der Waals surface area contributed by atoms with Crippen molar-refractivity contribution in [3.05, 3.63) is 29.8 Å². The summed E-state index contributed by atoms with van der Waals surface area (Å²) in [6.45, 7) is 6.58. The van der Waals surface area contributed by atoms with Crippen molar-refractivity contribution in [2.75, 3.05) is 12.3 Å². The van der Waals surface area contributed by atoms with E-state index in [-0.39, 0.29) is 11.9 Å². The van der Waals surface area contributed by atoms with E-state index in [0.717, 1.165) is 18.4 Å². The van der Waals surface area contributed by atoms with E-state index in [0.29, 0.717) is 18.2 Å². The predicted molar refractivity (Wildman–Crippen MR) is 74.3 cm³/mol. The number of nitrogens with two attached hydrogens (primary N) is 1. The Bertz CT molecular complexity index is 390. The lowest BCUT2D eigenvalue weighted by Crippen LogP contribution is -2.17. The minimum absolute atomic E-state index is 0.177. The Kier molecular flexibility index (Phi) is 5.69. The summed E-state index contributed by atoms with van der Waals surface area (Å²) in [4.78, 5) is 11.9. The average Bonchev–Trinajstić information content (AvgIpc) is 2.35. The maximum absolute atomic E-state index is 11.9. The van der Waals surface area contributed by atoms with Gasteiger partial charge in [0.25, 0.3) is 0 Å². The van der Waals surface area contributed by atoms with E-state index in [1.807, 2.05) is 31.2 Å². The van der Waals surface area contributed by atoms with Gasteiger partial charge in [0.05, 0.1) is 12.5 Å². The van der Waals surface area contributed by atoms with Crippen molar-refractivity contribution in [1.82, 2.24) is 0 Å². The molecule has 1 aromatic carbocycles. The first-order chi connectivity index (χ1) is 8.54. The fraction of sp³-hybridized carbons (Fsp3) is 0.533. The molecular weight excluding hydrogens is 226 g/mol. The second-order valence-electron chi connectivity index (χ2n) is 4.92. The van der Waals surface area contributed by atoms with Crippen LogP contribution in [-0.4, -0.2) is 12.6 Å². The third-order valence-corrected chi connectivity index (χ3v) is 3.06. The zero-order valence-corrected chi connectivity index (χ0v) is 11.5. The van der Waals surface area contributed by atoms with Crippen LogP contribution in [0.15, 0.2) is 24.3 Å². The average molecular weight is 249 g/mol. The third-order valence-electron chi connectivity index (χ3n) is 3.06. The van der Waals surface area contributed by atoms with Gasteiger partial charge in [-0.25, -0.2) is 0 Å². The van der Waals surface area contributed by atoms with Crippen molar-refractivity contribution >= 4 is 11.7 Å². The highest BCUT2D eigenvalue weighted by atomic mass is 16.5. The molecule has 18 heavy (non-hydrogen) atoms. The molecule has 0 spiro atoms. The molecule has 0 saturated heterocycles. The highest BCUT2D eigenvalue weighted by Crippen LogP contribution is 2.19. The highest BCUT2D eigenvalue weighted by molar-refractivity contribution is 5.78. The lowest BCUT2D eigenvalue weighted by Gasteiger charge is -2.15. The van der Waals surface area contributed by atoms with E-state index < -0.39 is 0 Å².